The highest BCUT2D eigenvalue weighted by Crippen LogP contribution is 2.10. The van der Waals surface area contributed by atoms with E-state index in [9.17, 15) is 8.42 Å². The maximum Gasteiger partial charge on any atom is 0.240 e. The van der Waals surface area contributed by atoms with Crippen LogP contribution < -0.4 is 10.0 Å². The van der Waals surface area contributed by atoms with Crippen LogP contribution in [0.3, 0.4) is 0 Å². The number of aromatic nitrogens is 3. The van der Waals surface area contributed by atoms with Gasteiger partial charge < -0.3 is 9.88 Å². The molecule has 132 valence electrons. The van der Waals surface area contributed by atoms with Gasteiger partial charge in [0.1, 0.15) is 18.0 Å². The fourth-order valence-electron chi connectivity index (χ4n) is 2.24. The number of benzene rings is 1. The highest BCUT2D eigenvalue weighted by molar-refractivity contribution is 7.89. The number of nitriles is 1. The second-order valence-electron chi connectivity index (χ2n) is 5.31. The molecule has 0 aliphatic carbocycles. The van der Waals surface area contributed by atoms with Crippen molar-refractivity contribution in [1.82, 2.24) is 19.3 Å². The smallest absolute Gasteiger partial charge is 0.240 e. The van der Waals surface area contributed by atoms with Gasteiger partial charge in [-0.05, 0) is 36.4 Å². The van der Waals surface area contributed by atoms with Gasteiger partial charge in [-0.1, -0.05) is 0 Å². The van der Waals surface area contributed by atoms with Crippen molar-refractivity contribution in [3.05, 3.63) is 66.7 Å². The fourth-order valence-corrected chi connectivity index (χ4v) is 3.27. The molecule has 2 heterocycles. The van der Waals surface area contributed by atoms with Gasteiger partial charge in [0.25, 0.3) is 0 Å². The van der Waals surface area contributed by atoms with E-state index in [0.717, 1.165) is 0 Å². The van der Waals surface area contributed by atoms with Gasteiger partial charge >= 0.3 is 0 Å². The molecule has 26 heavy (non-hydrogen) atoms. The lowest BCUT2D eigenvalue weighted by atomic mass is 10.2. The number of rotatable bonds is 7. The van der Waals surface area contributed by atoms with Crippen LogP contribution in [0.15, 0.2) is 66.1 Å². The molecule has 0 amide bonds. The molecule has 0 fully saturated rings. The summed E-state index contributed by atoms with van der Waals surface area (Å²) in [6.45, 7) is 0.544. The first-order chi connectivity index (χ1) is 12.6. The van der Waals surface area contributed by atoms with Crippen LogP contribution in [0, 0.1) is 11.3 Å². The zero-order valence-electron chi connectivity index (χ0n) is 13.7. The molecule has 0 saturated heterocycles. The molecule has 8 nitrogen and oxygen atoms in total. The van der Waals surface area contributed by atoms with Gasteiger partial charge in [-0.15, -0.1) is 0 Å². The maximum atomic E-state index is 12.2. The van der Waals surface area contributed by atoms with E-state index in [-0.39, 0.29) is 11.4 Å². The number of nitrogens with zero attached hydrogens (tertiary/aromatic N) is 4. The van der Waals surface area contributed by atoms with Crippen molar-refractivity contribution in [3.63, 3.8) is 0 Å². The number of nitrogens with one attached hydrogen (secondary N) is 2. The number of hydrogen-bond donors (Lipinski definition) is 2. The van der Waals surface area contributed by atoms with Crippen LogP contribution in [0.2, 0.25) is 0 Å². The van der Waals surface area contributed by atoms with Gasteiger partial charge in [0.2, 0.25) is 10.0 Å². The van der Waals surface area contributed by atoms with Gasteiger partial charge in [0.05, 0.1) is 16.5 Å². The molecule has 0 saturated carbocycles. The quantitative estimate of drug-likeness (QED) is 0.612. The minimum Gasteiger partial charge on any atom is -0.369 e. The first kappa shape index (κ1) is 17.6. The van der Waals surface area contributed by atoms with Gasteiger partial charge in [-0.3, -0.25) is 0 Å². The monoisotopic (exact) mass is 368 g/mol. The van der Waals surface area contributed by atoms with Gasteiger partial charge in [0.15, 0.2) is 0 Å². The lowest BCUT2D eigenvalue weighted by Crippen LogP contribution is -2.29. The summed E-state index contributed by atoms with van der Waals surface area (Å²) in [6.07, 6.45) is 5.19. The van der Waals surface area contributed by atoms with Crippen molar-refractivity contribution in [2.45, 2.75) is 4.90 Å². The van der Waals surface area contributed by atoms with E-state index in [2.05, 4.69) is 20.0 Å². The van der Waals surface area contributed by atoms with Gasteiger partial charge in [-0.25, -0.2) is 23.1 Å². The molecule has 3 aromatic rings. The average molecular weight is 368 g/mol. The van der Waals surface area contributed by atoms with Crippen molar-refractivity contribution in [3.8, 4) is 11.9 Å². The standard InChI is InChI=1S/C17H16N6O2S/c18-12-14-3-5-15(6-4-14)26(24,25)22-8-7-19-16-11-17(21-13-20-16)23-9-1-2-10-23/h1-6,9-11,13,22H,7-8H2,(H,19,20,21). The lowest BCUT2D eigenvalue weighted by molar-refractivity contribution is 0.583. The van der Waals surface area contributed by atoms with Crippen LogP contribution in [-0.2, 0) is 10.0 Å². The Kier molecular flexibility index (Phi) is 5.26. The third kappa shape index (κ3) is 4.24. The molecule has 0 unspecified atom stereocenters. The van der Waals surface area contributed by atoms with Crippen molar-refractivity contribution >= 4 is 15.8 Å². The normalized spacial score (nSPS) is 11.0. The Bertz CT molecular complexity index is 1010. The average Bonchev–Trinajstić information content (AvgIpc) is 3.20. The number of sulfonamides is 1. The van der Waals surface area contributed by atoms with Crippen LogP contribution in [0.5, 0.6) is 0 Å². The molecule has 0 spiro atoms. The van der Waals surface area contributed by atoms with Crippen LogP contribution >= 0.6 is 0 Å². The van der Waals surface area contributed by atoms with Crippen LogP contribution in [0.4, 0.5) is 5.82 Å². The summed E-state index contributed by atoms with van der Waals surface area (Å²) in [5.74, 6) is 1.31. The summed E-state index contributed by atoms with van der Waals surface area (Å²) >= 11 is 0. The van der Waals surface area contributed by atoms with E-state index >= 15 is 0 Å². The summed E-state index contributed by atoms with van der Waals surface area (Å²) in [6, 6.07) is 13.3. The third-order valence-corrected chi connectivity index (χ3v) is 5.02. The van der Waals surface area contributed by atoms with Crippen molar-refractivity contribution < 1.29 is 8.42 Å². The molecule has 2 aromatic heterocycles. The van der Waals surface area contributed by atoms with Crippen molar-refractivity contribution in [2.75, 3.05) is 18.4 Å². The molecule has 2 N–H and O–H groups in total. The Morgan fingerprint density at radius 1 is 1.08 bits per heavy atom. The van der Waals surface area contributed by atoms with Gasteiger partial charge in [-0.2, -0.15) is 5.26 Å². The highest BCUT2D eigenvalue weighted by atomic mass is 32.2. The first-order valence-corrected chi connectivity index (χ1v) is 9.26. The zero-order valence-corrected chi connectivity index (χ0v) is 14.5. The zero-order chi connectivity index (χ0) is 18.4. The molecule has 9 heteroatoms. The number of anilines is 1. The topological polar surface area (TPSA) is 113 Å². The minimum absolute atomic E-state index is 0.119. The van der Waals surface area contributed by atoms with E-state index in [1.54, 1.807) is 6.07 Å². The molecule has 3 rings (SSSR count). The largest absolute Gasteiger partial charge is 0.369 e. The van der Waals surface area contributed by atoms with Gasteiger partial charge in [0, 0.05) is 31.5 Å². The molecule has 0 bridgehead atoms. The predicted octanol–water partition coefficient (Wildman–Crippen LogP) is 1.53. The van der Waals surface area contributed by atoms with Crippen molar-refractivity contribution in [2.24, 2.45) is 0 Å². The van der Waals surface area contributed by atoms with Crippen LogP contribution in [-0.4, -0.2) is 36.0 Å². The van der Waals surface area contributed by atoms with E-state index < -0.39 is 10.0 Å². The first-order valence-electron chi connectivity index (χ1n) is 7.77. The molecule has 0 aliphatic heterocycles. The second-order valence-corrected chi connectivity index (χ2v) is 7.08. The Morgan fingerprint density at radius 2 is 1.81 bits per heavy atom. The van der Waals surface area contributed by atoms with Crippen molar-refractivity contribution in [1.29, 1.82) is 5.26 Å². The minimum atomic E-state index is -3.62. The Labute approximate surface area is 151 Å². The molecule has 0 aliphatic rings. The highest BCUT2D eigenvalue weighted by Gasteiger charge is 2.12. The van der Waals surface area contributed by atoms with E-state index in [0.29, 0.717) is 23.7 Å². The molecule has 0 atom stereocenters. The van der Waals surface area contributed by atoms with E-state index in [1.807, 2.05) is 35.2 Å². The SMILES string of the molecule is N#Cc1ccc(S(=O)(=O)NCCNc2cc(-n3cccc3)ncn2)cc1. The lowest BCUT2D eigenvalue weighted by Gasteiger charge is -2.09. The summed E-state index contributed by atoms with van der Waals surface area (Å²) in [5.41, 5.74) is 0.410. The molecule has 1 aromatic carbocycles. The van der Waals surface area contributed by atoms with E-state index in [1.165, 1.54) is 30.6 Å². The summed E-state index contributed by atoms with van der Waals surface area (Å²) in [4.78, 5) is 8.42. The molecular formula is C17H16N6O2S. The fraction of sp³-hybridized carbons (Fsp3) is 0.118. The summed E-state index contributed by atoms with van der Waals surface area (Å²) in [7, 11) is -3.62. The van der Waals surface area contributed by atoms with Crippen LogP contribution in [0.1, 0.15) is 5.56 Å². The Hall–Kier alpha value is -3.22. The molecular weight excluding hydrogens is 352 g/mol. The summed E-state index contributed by atoms with van der Waals surface area (Å²) < 4.78 is 28.8. The van der Waals surface area contributed by atoms with Crippen LogP contribution in [0.25, 0.3) is 5.82 Å². The Morgan fingerprint density at radius 3 is 2.50 bits per heavy atom. The molecule has 0 radical (unpaired) electrons. The maximum absolute atomic E-state index is 12.2. The third-order valence-electron chi connectivity index (χ3n) is 3.54. The summed E-state index contributed by atoms with van der Waals surface area (Å²) in [5, 5.41) is 11.8. The predicted molar refractivity (Wildman–Crippen MR) is 96.2 cm³/mol. The second kappa shape index (κ2) is 7.77. The Balaban J connectivity index is 1.55. The van der Waals surface area contributed by atoms with E-state index in [4.69, 9.17) is 5.26 Å². The number of hydrogen-bond acceptors (Lipinski definition) is 6.